The Balaban J connectivity index is 1.27. The molecule has 2 aromatic carbocycles. The zero-order chi connectivity index (χ0) is 25.7. The molecule has 1 aliphatic heterocycles. The number of alkyl halides is 2. The molecule has 2 fully saturated rings. The highest BCUT2D eigenvalue weighted by atomic mass is 19.3. The zero-order valence-electron chi connectivity index (χ0n) is 20.2. The molecule has 0 spiro atoms. The molecule has 0 bridgehead atoms. The quantitative estimate of drug-likeness (QED) is 0.205. The Labute approximate surface area is 208 Å². The van der Waals surface area contributed by atoms with Crippen LogP contribution in [0.15, 0.2) is 48.6 Å². The molecular weight excluding hydrogens is 479 g/mol. The summed E-state index contributed by atoms with van der Waals surface area (Å²) in [6.45, 7) is 3.26. The molecule has 0 unspecified atom stereocenters. The van der Waals surface area contributed by atoms with Gasteiger partial charge in [-0.05, 0) is 80.8 Å². The number of ether oxygens (including phenoxy) is 3. The Bertz CT molecular complexity index is 1000. The van der Waals surface area contributed by atoms with Crippen molar-refractivity contribution in [3.8, 4) is 16.9 Å². The first-order valence-electron chi connectivity index (χ1n) is 12.4. The summed E-state index contributed by atoms with van der Waals surface area (Å²) in [5, 5.41) is 0. The van der Waals surface area contributed by atoms with E-state index in [9.17, 15) is 22.0 Å². The largest absolute Gasteiger partial charge is 0.432 e. The van der Waals surface area contributed by atoms with Crippen molar-refractivity contribution >= 4 is 0 Å². The minimum atomic E-state index is -3.37. The van der Waals surface area contributed by atoms with Gasteiger partial charge in [-0.15, -0.1) is 0 Å². The van der Waals surface area contributed by atoms with Gasteiger partial charge in [-0.1, -0.05) is 24.3 Å². The maximum atomic E-state index is 14.9. The number of allylic oxidation sites excluding steroid dienone is 2. The van der Waals surface area contributed by atoms with Gasteiger partial charge in [0, 0.05) is 11.8 Å². The fourth-order valence-electron chi connectivity index (χ4n) is 4.90. The lowest BCUT2D eigenvalue weighted by atomic mass is 9.80. The SMILES string of the molecule is C/C=C/CCC1COC(C2CCC(C(F)(F)Oc3ccc(-c4cc(F)c(F)c(F)c4)cc3)CC2)OC1. The summed E-state index contributed by atoms with van der Waals surface area (Å²) in [5.41, 5.74) is 0.444. The van der Waals surface area contributed by atoms with E-state index < -0.39 is 29.5 Å². The predicted octanol–water partition coefficient (Wildman–Crippen LogP) is 7.89. The van der Waals surface area contributed by atoms with Crippen LogP contribution in [0.4, 0.5) is 22.0 Å². The van der Waals surface area contributed by atoms with Crippen LogP contribution in [0, 0.1) is 35.2 Å². The molecule has 2 aliphatic rings. The van der Waals surface area contributed by atoms with Crippen LogP contribution >= 0.6 is 0 Å². The highest BCUT2D eigenvalue weighted by Gasteiger charge is 2.45. The normalized spacial score (nSPS) is 25.3. The van der Waals surface area contributed by atoms with Gasteiger partial charge in [0.05, 0.1) is 19.1 Å². The van der Waals surface area contributed by atoms with Crippen LogP contribution in [0.1, 0.15) is 45.4 Å². The van der Waals surface area contributed by atoms with Crippen molar-refractivity contribution in [2.75, 3.05) is 13.2 Å². The van der Waals surface area contributed by atoms with Gasteiger partial charge in [-0.2, -0.15) is 8.78 Å². The van der Waals surface area contributed by atoms with Crippen molar-refractivity contribution in [1.29, 1.82) is 0 Å². The molecule has 1 heterocycles. The van der Waals surface area contributed by atoms with Crippen molar-refractivity contribution in [3.63, 3.8) is 0 Å². The van der Waals surface area contributed by atoms with Crippen LogP contribution in [0.5, 0.6) is 5.75 Å². The Hall–Kier alpha value is -2.45. The van der Waals surface area contributed by atoms with Crippen LogP contribution in [0.3, 0.4) is 0 Å². The van der Waals surface area contributed by atoms with Gasteiger partial charge >= 0.3 is 6.11 Å². The second-order valence-corrected chi connectivity index (χ2v) is 9.60. The van der Waals surface area contributed by atoms with Gasteiger partial charge in [0.2, 0.25) is 0 Å². The van der Waals surface area contributed by atoms with E-state index in [1.807, 2.05) is 13.0 Å². The minimum Gasteiger partial charge on any atom is -0.432 e. The van der Waals surface area contributed by atoms with Gasteiger partial charge in [0.15, 0.2) is 23.7 Å². The summed E-state index contributed by atoms with van der Waals surface area (Å²) < 4.78 is 86.8. The molecule has 2 aromatic rings. The van der Waals surface area contributed by atoms with Crippen molar-refractivity contribution < 1.29 is 36.2 Å². The topological polar surface area (TPSA) is 27.7 Å². The fraction of sp³-hybridized carbons (Fsp3) is 0.500. The Morgan fingerprint density at radius 2 is 1.53 bits per heavy atom. The number of halogens is 5. The van der Waals surface area contributed by atoms with Gasteiger partial charge < -0.3 is 14.2 Å². The van der Waals surface area contributed by atoms with Crippen molar-refractivity contribution in [2.45, 2.75) is 57.8 Å². The van der Waals surface area contributed by atoms with Gasteiger partial charge in [0.25, 0.3) is 0 Å². The third-order valence-corrected chi connectivity index (χ3v) is 7.03. The van der Waals surface area contributed by atoms with Crippen molar-refractivity contribution in [1.82, 2.24) is 0 Å². The third-order valence-electron chi connectivity index (χ3n) is 7.03. The summed E-state index contributed by atoms with van der Waals surface area (Å²) in [4.78, 5) is 0. The summed E-state index contributed by atoms with van der Waals surface area (Å²) >= 11 is 0. The van der Waals surface area contributed by atoms with Crippen LogP contribution < -0.4 is 4.74 Å². The average molecular weight is 511 g/mol. The molecule has 196 valence electrons. The van der Waals surface area contributed by atoms with Crippen LogP contribution in [0.25, 0.3) is 11.1 Å². The maximum Gasteiger partial charge on any atom is 0.400 e. The highest BCUT2D eigenvalue weighted by Crippen LogP contribution is 2.42. The van der Waals surface area contributed by atoms with Gasteiger partial charge in [0.1, 0.15) is 5.75 Å². The van der Waals surface area contributed by atoms with E-state index in [0.717, 1.165) is 25.0 Å². The lowest BCUT2D eigenvalue weighted by Gasteiger charge is -2.39. The second-order valence-electron chi connectivity index (χ2n) is 9.60. The van der Waals surface area contributed by atoms with E-state index >= 15 is 0 Å². The molecule has 0 aromatic heterocycles. The van der Waals surface area contributed by atoms with Crippen LogP contribution in [-0.4, -0.2) is 25.6 Å². The Kier molecular flexibility index (Phi) is 8.67. The fourth-order valence-corrected chi connectivity index (χ4v) is 4.90. The summed E-state index contributed by atoms with van der Waals surface area (Å²) in [5.74, 6) is -4.74. The smallest absolute Gasteiger partial charge is 0.400 e. The van der Waals surface area contributed by atoms with E-state index in [-0.39, 0.29) is 36.4 Å². The Morgan fingerprint density at radius 3 is 2.11 bits per heavy atom. The monoisotopic (exact) mass is 510 g/mol. The van der Waals surface area contributed by atoms with Crippen molar-refractivity contribution in [3.05, 3.63) is 66.0 Å². The lowest BCUT2D eigenvalue weighted by molar-refractivity contribution is -0.247. The molecule has 1 saturated heterocycles. The zero-order valence-corrected chi connectivity index (χ0v) is 20.2. The standard InChI is InChI=1S/C28H31F5O3/c1-2-3-4-5-18-16-34-27(35-17-18)20-6-10-22(11-7-20)28(32,33)36-23-12-8-19(9-13-23)21-14-24(29)26(31)25(30)15-21/h2-3,8-9,12-15,18,20,22,27H,4-7,10-11,16-17H2,1H3/b3-2+. The van der Waals surface area contributed by atoms with Crippen LogP contribution in [0.2, 0.25) is 0 Å². The number of hydrogen-bond donors (Lipinski definition) is 0. The molecule has 0 N–H and O–H groups in total. The van der Waals surface area contributed by atoms with E-state index in [4.69, 9.17) is 14.2 Å². The Morgan fingerprint density at radius 1 is 0.917 bits per heavy atom. The van der Waals surface area contributed by atoms with Crippen LogP contribution in [-0.2, 0) is 9.47 Å². The van der Waals surface area contributed by atoms with Gasteiger partial charge in [-0.3, -0.25) is 0 Å². The predicted molar refractivity (Wildman–Crippen MR) is 126 cm³/mol. The third kappa shape index (κ3) is 6.45. The molecule has 3 nitrogen and oxygen atoms in total. The van der Waals surface area contributed by atoms with E-state index in [1.165, 1.54) is 24.3 Å². The molecule has 0 atom stereocenters. The first kappa shape index (κ1) is 26.6. The minimum absolute atomic E-state index is 0.0585. The molecular formula is C28H31F5O3. The molecule has 1 aliphatic carbocycles. The van der Waals surface area contributed by atoms with E-state index in [0.29, 0.717) is 37.5 Å². The first-order chi connectivity index (χ1) is 17.3. The van der Waals surface area contributed by atoms with Crippen molar-refractivity contribution in [2.24, 2.45) is 17.8 Å². The lowest BCUT2D eigenvalue weighted by Crippen LogP contribution is -2.42. The molecule has 0 radical (unpaired) electrons. The molecule has 8 heteroatoms. The van der Waals surface area contributed by atoms with Gasteiger partial charge in [-0.25, -0.2) is 13.2 Å². The number of rotatable bonds is 8. The number of benzene rings is 2. The second kappa shape index (κ2) is 11.7. The van der Waals surface area contributed by atoms with E-state index in [2.05, 4.69) is 6.08 Å². The molecule has 1 saturated carbocycles. The first-order valence-corrected chi connectivity index (χ1v) is 12.4. The maximum absolute atomic E-state index is 14.9. The molecule has 36 heavy (non-hydrogen) atoms. The summed E-state index contributed by atoms with van der Waals surface area (Å²) in [6.07, 6.45) is 4.15. The molecule has 0 amide bonds. The average Bonchev–Trinajstić information content (AvgIpc) is 2.88. The highest BCUT2D eigenvalue weighted by molar-refractivity contribution is 5.64. The number of hydrogen-bond acceptors (Lipinski definition) is 3. The summed E-state index contributed by atoms with van der Waals surface area (Å²) in [7, 11) is 0. The molecule has 4 rings (SSSR count). The van der Waals surface area contributed by atoms with E-state index in [1.54, 1.807) is 0 Å². The summed E-state index contributed by atoms with van der Waals surface area (Å²) in [6, 6.07) is 7.13.